The van der Waals surface area contributed by atoms with Gasteiger partial charge in [0, 0.05) is 6.04 Å². The van der Waals surface area contributed by atoms with Crippen LogP contribution in [0.2, 0.25) is 0 Å². The van der Waals surface area contributed by atoms with E-state index in [-0.39, 0.29) is 0 Å². The van der Waals surface area contributed by atoms with E-state index in [4.69, 9.17) is 0 Å². The first-order valence-corrected chi connectivity index (χ1v) is 7.71. The second-order valence-corrected chi connectivity index (χ2v) is 5.73. The molecule has 0 spiro atoms. The highest BCUT2D eigenvalue weighted by molar-refractivity contribution is 5.26. The molecular formula is C18H33N. The first-order valence-electron chi connectivity index (χ1n) is 7.71. The van der Waals surface area contributed by atoms with Crippen LogP contribution in [0.3, 0.4) is 0 Å². The third kappa shape index (κ3) is 8.05. The number of rotatable bonds is 10. The molecule has 0 radical (unpaired) electrons. The monoisotopic (exact) mass is 263 g/mol. The van der Waals surface area contributed by atoms with Gasteiger partial charge in [-0.05, 0) is 44.6 Å². The fraction of sp³-hybridized carbons (Fsp3) is 0.667. The van der Waals surface area contributed by atoms with E-state index < -0.39 is 0 Å². The highest BCUT2D eigenvalue weighted by atomic mass is 14.9. The Kier molecular flexibility index (Phi) is 9.59. The van der Waals surface area contributed by atoms with Crippen molar-refractivity contribution < 1.29 is 0 Å². The first-order chi connectivity index (χ1) is 8.92. The summed E-state index contributed by atoms with van der Waals surface area (Å²) in [4.78, 5) is 0. The van der Waals surface area contributed by atoms with E-state index in [1.807, 2.05) is 0 Å². The minimum atomic E-state index is 0.544. The molecule has 1 heteroatoms. The molecule has 0 aromatic rings. The lowest BCUT2D eigenvalue weighted by Gasteiger charge is -2.16. The van der Waals surface area contributed by atoms with Gasteiger partial charge in [-0.25, -0.2) is 0 Å². The van der Waals surface area contributed by atoms with Crippen LogP contribution in [-0.4, -0.2) is 12.6 Å². The Balaban J connectivity index is 4.13. The van der Waals surface area contributed by atoms with Crippen molar-refractivity contribution in [2.75, 3.05) is 6.54 Å². The molecule has 0 bridgehead atoms. The Morgan fingerprint density at radius 2 is 1.47 bits per heavy atom. The summed E-state index contributed by atoms with van der Waals surface area (Å²) in [7, 11) is 0. The number of hydrogen-bond acceptors (Lipinski definition) is 1. The van der Waals surface area contributed by atoms with Gasteiger partial charge >= 0.3 is 0 Å². The smallest absolute Gasteiger partial charge is 0.00388 e. The maximum atomic E-state index is 4.19. The molecule has 0 rings (SSSR count). The average Bonchev–Trinajstić information content (AvgIpc) is 2.40. The normalized spacial score (nSPS) is 16.3. The molecule has 110 valence electrons. The molecular weight excluding hydrogens is 230 g/mol. The third-order valence-electron chi connectivity index (χ3n) is 3.98. The molecule has 0 aliphatic heterocycles. The molecule has 0 aromatic heterocycles. The van der Waals surface area contributed by atoms with Crippen LogP contribution in [-0.2, 0) is 0 Å². The molecule has 1 nitrogen and oxygen atoms in total. The Bertz CT molecular complexity index is 301. The SMILES string of the molecule is C=C(/C=C\C(=C)[C@H](C)CC)C(C)CCC(C)NCC. The summed E-state index contributed by atoms with van der Waals surface area (Å²) >= 11 is 0. The predicted molar refractivity (Wildman–Crippen MR) is 88.4 cm³/mol. The number of nitrogens with one attached hydrogen (secondary N) is 1. The van der Waals surface area contributed by atoms with Crippen molar-refractivity contribution in [1.29, 1.82) is 0 Å². The average molecular weight is 263 g/mol. The van der Waals surface area contributed by atoms with Gasteiger partial charge in [-0.15, -0.1) is 0 Å². The zero-order chi connectivity index (χ0) is 14.8. The van der Waals surface area contributed by atoms with Gasteiger partial charge < -0.3 is 5.32 Å². The third-order valence-corrected chi connectivity index (χ3v) is 3.98. The molecule has 19 heavy (non-hydrogen) atoms. The Labute approximate surface area is 120 Å². The number of allylic oxidation sites excluding steroid dienone is 4. The quantitative estimate of drug-likeness (QED) is 0.540. The standard InChI is InChI=1S/C18H33N/c1-8-14(3)15(4)10-11-16(5)17(6)12-13-18(7)19-9-2/h10-11,14,17-19H,4-5,8-9,12-13H2,1-3,6-7H3/b11-10-/t14-,17?,18?/m1/s1. The summed E-state index contributed by atoms with van der Waals surface area (Å²) in [5, 5.41) is 3.45. The second-order valence-electron chi connectivity index (χ2n) is 5.73. The molecule has 0 aromatic carbocycles. The molecule has 0 saturated heterocycles. The Morgan fingerprint density at radius 1 is 0.947 bits per heavy atom. The van der Waals surface area contributed by atoms with Crippen LogP contribution in [0.5, 0.6) is 0 Å². The summed E-state index contributed by atoms with van der Waals surface area (Å²) in [6.07, 6.45) is 7.82. The van der Waals surface area contributed by atoms with E-state index in [0.717, 1.165) is 13.0 Å². The van der Waals surface area contributed by atoms with Gasteiger partial charge in [0.15, 0.2) is 0 Å². The van der Waals surface area contributed by atoms with Crippen LogP contribution in [0.4, 0.5) is 0 Å². The van der Waals surface area contributed by atoms with Gasteiger partial charge in [-0.1, -0.05) is 64.2 Å². The second kappa shape index (κ2) is 10.0. The molecule has 3 atom stereocenters. The summed E-state index contributed by atoms with van der Waals surface area (Å²) in [6, 6.07) is 0.597. The van der Waals surface area contributed by atoms with Gasteiger partial charge in [-0.3, -0.25) is 0 Å². The van der Waals surface area contributed by atoms with Crippen LogP contribution in [0.1, 0.15) is 53.9 Å². The summed E-state index contributed by atoms with van der Waals surface area (Å²) in [6.45, 7) is 20.4. The van der Waals surface area contributed by atoms with E-state index in [9.17, 15) is 0 Å². The topological polar surface area (TPSA) is 12.0 Å². The molecule has 0 aliphatic carbocycles. The van der Waals surface area contributed by atoms with Gasteiger partial charge in [0.2, 0.25) is 0 Å². The molecule has 0 heterocycles. The van der Waals surface area contributed by atoms with Crippen LogP contribution in [0.25, 0.3) is 0 Å². The van der Waals surface area contributed by atoms with E-state index >= 15 is 0 Å². The molecule has 0 aliphatic rings. The molecule has 2 unspecified atom stereocenters. The van der Waals surface area contributed by atoms with Crippen molar-refractivity contribution in [3.63, 3.8) is 0 Å². The van der Waals surface area contributed by atoms with Crippen LogP contribution < -0.4 is 5.32 Å². The lowest BCUT2D eigenvalue weighted by Crippen LogP contribution is -2.25. The van der Waals surface area contributed by atoms with Crippen molar-refractivity contribution >= 4 is 0 Å². The van der Waals surface area contributed by atoms with E-state index in [1.54, 1.807) is 0 Å². The maximum absolute atomic E-state index is 4.19. The van der Waals surface area contributed by atoms with Gasteiger partial charge in [0.1, 0.15) is 0 Å². The van der Waals surface area contributed by atoms with Crippen LogP contribution >= 0.6 is 0 Å². The van der Waals surface area contributed by atoms with Crippen molar-refractivity contribution in [1.82, 2.24) is 5.32 Å². The van der Waals surface area contributed by atoms with Crippen molar-refractivity contribution in [3.8, 4) is 0 Å². The predicted octanol–water partition coefficient (Wildman–Crippen LogP) is 5.12. The van der Waals surface area contributed by atoms with Gasteiger partial charge in [-0.2, -0.15) is 0 Å². The molecule has 1 N–H and O–H groups in total. The lowest BCUT2D eigenvalue weighted by molar-refractivity contribution is 0.473. The molecule has 0 fully saturated rings. The highest BCUT2D eigenvalue weighted by Gasteiger charge is 2.07. The lowest BCUT2D eigenvalue weighted by atomic mass is 9.93. The van der Waals surface area contributed by atoms with Crippen molar-refractivity contribution in [2.45, 2.75) is 59.9 Å². The summed E-state index contributed by atoms with van der Waals surface area (Å²) in [5.74, 6) is 1.11. The molecule has 0 saturated carbocycles. The van der Waals surface area contributed by atoms with Crippen molar-refractivity contribution in [2.24, 2.45) is 11.8 Å². The minimum absolute atomic E-state index is 0.544. The first kappa shape index (κ1) is 18.2. The van der Waals surface area contributed by atoms with Gasteiger partial charge in [0.25, 0.3) is 0 Å². The van der Waals surface area contributed by atoms with E-state index in [0.29, 0.717) is 17.9 Å². The Hall–Kier alpha value is -0.820. The maximum Gasteiger partial charge on any atom is 0.00388 e. The minimum Gasteiger partial charge on any atom is -0.315 e. The fourth-order valence-electron chi connectivity index (χ4n) is 1.94. The fourth-order valence-corrected chi connectivity index (χ4v) is 1.94. The van der Waals surface area contributed by atoms with E-state index in [2.05, 4.69) is 65.2 Å². The van der Waals surface area contributed by atoms with E-state index in [1.165, 1.54) is 24.0 Å². The molecule has 0 amide bonds. The van der Waals surface area contributed by atoms with Crippen molar-refractivity contribution in [3.05, 3.63) is 36.5 Å². The zero-order valence-electron chi connectivity index (χ0n) is 13.6. The van der Waals surface area contributed by atoms with Crippen LogP contribution in [0, 0.1) is 11.8 Å². The zero-order valence-corrected chi connectivity index (χ0v) is 13.6. The summed E-state index contributed by atoms with van der Waals surface area (Å²) < 4.78 is 0. The van der Waals surface area contributed by atoms with Crippen LogP contribution in [0.15, 0.2) is 36.5 Å². The Morgan fingerprint density at radius 3 is 1.95 bits per heavy atom. The number of hydrogen-bond donors (Lipinski definition) is 1. The highest BCUT2D eigenvalue weighted by Crippen LogP contribution is 2.19. The van der Waals surface area contributed by atoms with Gasteiger partial charge in [0.05, 0.1) is 0 Å². The summed E-state index contributed by atoms with van der Waals surface area (Å²) in [5.41, 5.74) is 2.42. The largest absolute Gasteiger partial charge is 0.315 e.